The first-order valence-corrected chi connectivity index (χ1v) is 6.85. The Labute approximate surface area is 122 Å². The number of nitriles is 1. The Kier molecular flexibility index (Phi) is 4.81. The van der Waals surface area contributed by atoms with Gasteiger partial charge in [-0.2, -0.15) is 5.26 Å². The summed E-state index contributed by atoms with van der Waals surface area (Å²) in [6.45, 7) is 1.09. The predicted molar refractivity (Wildman–Crippen MR) is 73.4 cm³/mol. The van der Waals surface area contributed by atoms with Gasteiger partial charge in [0.25, 0.3) is 0 Å². The fraction of sp³-hybridized carbons (Fsp3) is 0.429. The van der Waals surface area contributed by atoms with E-state index < -0.39 is 5.92 Å². The molecule has 3 nitrogen and oxygen atoms in total. The summed E-state index contributed by atoms with van der Waals surface area (Å²) in [7, 11) is 0. The van der Waals surface area contributed by atoms with E-state index in [2.05, 4.69) is 6.07 Å². The van der Waals surface area contributed by atoms with Gasteiger partial charge in [-0.05, 0) is 30.5 Å². The van der Waals surface area contributed by atoms with Gasteiger partial charge in [-0.25, -0.2) is 0 Å². The molecule has 100 valence electrons. The van der Waals surface area contributed by atoms with Crippen LogP contribution in [0.3, 0.4) is 0 Å². The second-order valence-electron chi connectivity index (χ2n) is 4.55. The van der Waals surface area contributed by atoms with Gasteiger partial charge in [0.15, 0.2) is 5.78 Å². The number of carbonyl (C=O) groups excluding carboxylic acids is 1. The molecule has 1 heterocycles. The number of benzene rings is 1. The molecule has 0 N–H and O–H groups in total. The minimum atomic E-state index is -0.804. The summed E-state index contributed by atoms with van der Waals surface area (Å²) >= 11 is 11.8. The highest BCUT2D eigenvalue weighted by Gasteiger charge is 2.30. The van der Waals surface area contributed by atoms with Crippen molar-refractivity contribution in [3.63, 3.8) is 0 Å². The van der Waals surface area contributed by atoms with Gasteiger partial charge >= 0.3 is 0 Å². The van der Waals surface area contributed by atoms with Crippen LogP contribution in [0.15, 0.2) is 18.2 Å². The minimum absolute atomic E-state index is 0.0967. The Hall–Kier alpha value is -1.08. The maximum Gasteiger partial charge on any atom is 0.159 e. The summed E-state index contributed by atoms with van der Waals surface area (Å²) in [5.41, 5.74) is 0.590. The fourth-order valence-corrected chi connectivity index (χ4v) is 2.50. The molecule has 2 rings (SSSR count). The number of halogens is 2. The van der Waals surface area contributed by atoms with Crippen LogP contribution in [-0.4, -0.2) is 19.0 Å². The zero-order valence-electron chi connectivity index (χ0n) is 10.2. The van der Waals surface area contributed by atoms with Crippen LogP contribution in [0.5, 0.6) is 0 Å². The Morgan fingerprint density at radius 2 is 2.21 bits per heavy atom. The van der Waals surface area contributed by atoms with E-state index in [4.69, 9.17) is 27.9 Å². The van der Waals surface area contributed by atoms with E-state index in [1.165, 1.54) is 0 Å². The Morgan fingerprint density at radius 1 is 1.42 bits per heavy atom. The molecule has 1 aliphatic rings. The zero-order chi connectivity index (χ0) is 13.8. The molecule has 0 amide bonds. The van der Waals surface area contributed by atoms with Gasteiger partial charge in [0, 0.05) is 12.5 Å². The molecule has 1 saturated heterocycles. The molecule has 0 saturated carbocycles. The SMILES string of the molecule is N#CC(C(=O)C1CCCOC1)c1ccc(Cl)c(Cl)c1. The average Bonchev–Trinajstić information content (AvgIpc) is 2.44. The molecule has 0 aliphatic carbocycles. The summed E-state index contributed by atoms with van der Waals surface area (Å²) in [5, 5.41) is 10.0. The first-order chi connectivity index (χ1) is 9.13. The number of hydrogen-bond acceptors (Lipinski definition) is 3. The Balaban J connectivity index is 2.21. The van der Waals surface area contributed by atoms with Crippen molar-refractivity contribution in [3.05, 3.63) is 33.8 Å². The zero-order valence-corrected chi connectivity index (χ0v) is 11.7. The van der Waals surface area contributed by atoms with Gasteiger partial charge in [-0.1, -0.05) is 29.3 Å². The lowest BCUT2D eigenvalue weighted by molar-refractivity contribution is -0.127. The van der Waals surface area contributed by atoms with Crippen LogP contribution in [0.2, 0.25) is 10.0 Å². The van der Waals surface area contributed by atoms with Gasteiger partial charge in [-0.15, -0.1) is 0 Å². The van der Waals surface area contributed by atoms with Crippen LogP contribution in [0, 0.1) is 17.2 Å². The highest BCUT2D eigenvalue weighted by Crippen LogP contribution is 2.29. The first kappa shape index (κ1) is 14.3. The smallest absolute Gasteiger partial charge is 0.159 e. The molecule has 1 aromatic rings. The van der Waals surface area contributed by atoms with E-state index in [1.807, 2.05) is 0 Å². The highest BCUT2D eigenvalue weighted by molar-refractivity contribution is 6.42. The second kappa shape index (κ2) is 6.38. The van der Waals surface area contributed by atoms with Crippen molar-refractivity contribution in [2.75, 3.05) is 13.2 Å². The van der Waals surface area contributed by atoms with E-state index in [0.29, 0.717) is 28.8 Å². The molecular weight excluding hydrogens is 285 g/mol. The quantitative estimate of drug-likeness (QED) is 0.856. The predicted octanol–water partition coefficient (Wildman–Crippen LogP) is 3.60. The maximum absolute atomic E-state index is 12.3. The number of hydrogen-bond donors (Lipinski definition) is 0. The standard InChI is InChI=1S/C14H13Cl2NO2/c15-12-4-3-9(6-13(12)16)11(7-17)14(18)10-2-1-5-19-8-10/h3-4,6,10-11H,1-2,5,8H2. The molecule has 0 bridgehead atoms. The van der Waals surface area contributed by atoms with E-state index in [0.717, 1.165) is 12.8 Å². The van der Waals surface area contributed by atoms with Crippen LogP contribution in [-0.2, 0) is 9.53 Å². The number of ether oxygens (including phenoxy) is 1. The Morgan fingerprint density at radius 3 is 2.79 bits per heavy atom. The summed E-state index contributed by atoms with van der Waals surface area (Å²) in [4.78, 5) is 12.3. The molecule has 1 aromatic carbocycles. The van der Waals surface area contributed by atoms with Gasteiger partial charge in [-0.3, -0.25) is 4.79 Å². The third-order valence-corrected chi connectivity index (χ3v) is 3.99. The molecule has 5 heteroatoms. The van der Waals surface area contributed by atoms with Crippen molar-refractivity contribution in [1.29, 1.82) is 5.26 Å². The second-order valence-corrected chi connectivity index (χ2v) is 5.37. The van der Waals surface area contributed by atoms with Crippen LogP contribution in [0.1, 0.15) is 24.3 Å². The lowest BCUT2D eigenvalue weighted by Crippen LogP contribution is -2.29. The molecule has 2 atom stereocenters. The number of Topliss-reactive ketones (excluding diaryl/α,β-unsaturated/α-hetero) is 1. The van der Waals surface area contributed by atoms with Crippen molar-refractivity contribution in [3.8, 4) is 6.07 Å². The van der Waals surface area contributed by atoms with Crippen LogP contribution < -0.4 is 0 Å². The van der Waals surface area contributed by atoms with Crippen molar-refractivity contribution < 1.29 is 9.53 Å². The molecule has 0 spiro atoms. The van der Waals surface area contributed by atoms with Crippen molar-refractivity contribution in [1.82, 2.24) is 0 Å². The summed E-state index contributed by atoms with van der Waals surface area (Å²) < 4.78 is 5.30. The first-order valence-electron chi connectivity index (χ1n) is 6.09. The van der Waals surface area contributed by atoms with E-state index in [1.54, 1.807) is 18.2 Å². The van der Waals surface area contributed by atoms with Crippen LogP contribution >= 0.6 is 23.2 Å². The minimum Gasteiger partial charge on any atom is -0.381 e. The molecule has 19 heavy (non-hydrogen) atoms. The van der Waals surface area contributed by atoms with Crippen LogP contribution in [0.25, 0.3) is 0 Å². The molecule has 0 aromatic heterocycles. The molecule has 1 fully saturated rings. The average molecular weight is 298 g/mol. The third kappa shape index (κ3) is 3.27. The third-order valence-electron chi connectivity index (χ3n) is 3.25. The number of carbonyl (C=O) groups is 1. The lowest BCUT2D eigenvalue weighted by Gasteiger charge is -2.23. The monoisotopic (exact) mass is 297 g/mol. The van der Waals surface area contributed by atoms with Gasteiger partial charge in [0.05, 0.1) is 22.7 Å². The number of ketones is 1. The summed E-state index contributed by atoms with van der Waals surface area (Å²) in [5.74, 6) is -1.10. The van der Waals surface area contributed by atoms with E-state index >= 15 is 0 Å². The van der Waals surface area contributed by atoms with Crippen molar-refractivity contribution in [2.24, 2.45) is 5.92 Å². The van der Waals surface area contributed by atoms with Gasteiger partial charge in [0.2, 0.25) is 0 Å². The number of rotatable bonds is 3. The van der Waals surface area contributed by atoms with E-state index in [9.17, 15) is 10.1 Å². The van der Waals surface area contributed by atoms with Crippen molar-refractivity contribution in [2.45, 2.75) is 18.8 Å². The molecular formula is C14H13Cl2NO2. The fourth-order valence-electron chi connectivity index (χ4n) is 2.20. The van der Waals surface area contributed by atoms with Gasteiger partial charge in [0.1, 0.15) is 5.92 Å². The lowest BCUT2D eigenvalue weighted by atomic mass is 9.85. The molecule has 0 radical (unpaired) electrons. The number of nitrogens with zero attached hydrogens (tertiary/aromatic N) is 1. The molecule has 1 aliphatic heterocycles. The maximum atomic E-state index is 12.3. The topological polar surface area (TPSA) is 50.1 Å². The highest BCUT2D eigenvalue weighted by atomic mass is 35.5. The largest absolute Gasteiger partial charge is 0.381 e. The summed E-state index contributed by atoms with van der Waals surface area (Å²) in [6, 6.07) is 6.91. The van der Waals surface area contributed by atoms with E-state index in [-0.39, 0.29) is 11.7 Å². The molecule has 2 unspecified atom stereocenters. The van der Waals surface area contributed by atoms with Crippen LogP contribution in [0.4, 0.5) is 0 Å². The normalized spacial score (nSPS) is 20.6. The Bertz CT molecular complexity index is 519. The van der Waals surface area contributed by atoms with Gasteiger partial charge < -0.3 is 4.74 Å². The van der Waals surface area contributed by atoms with Crippen molar-refractivity contribution >= 4 is 29.0 Å². The summed E-state index contributed by atoms with van der Waals surface area (Å²) in [6.07, 6.45) is 1.63.